The van der Waals surface area contributed by atoms with E-state index in [1.165, 1.54) is 11.9 Å². The van der Waals surface area contributed by atoms with E-state index in [2.05, 4.69) is 37.1 Å². The number of hydrazine groups is 1. The number of nitrogens with one attached hydrogen (secondary N) is 6. The summed E-state index contributed by atoms with van der Waals surface area (Å²) >= 11 is 0. The molecule has 0 radical (unpaired) electrons. The van der Waals surface area contributed by atoms with Crippen molar-refractivity contribution in [2.45, 2.75) is 64.2 Å². The van der Waals surface area contributed by atoms with Gasteiger partial charge < -0.3 is 37.6 Å². The van der Waals surface area contributed by atoms with Crippen LogP contribution >= 0.6 is 0 Å². The first-order valence-electron chi connectivity index (χ1n) is 11.4. The molecule has 15 nitrogen and oxygen atoms in total. The van der Waals surface area contributed by atoms with Gasteiger partial charge >= 0.3 is 6.03 Å². The van der Waals surface area contributed by atoms with Crippen LogP contribution in [0.25, 0.3) is 0 Å². The fourth-order valence-electron chi connectivity index (χ4n) is 3.48. The van der Waals surface area contributed by atoms with E-state index in [1.807, 2.05) is 13.8 Å². The highest BCUT2D eigenvalue weighted by Gasteiger charge is 2.43. The smallest absolute Gasteiger partial charge is 0.334 e. The Morgan fingerprint density at radius 3 is 2.40 bits per heavy atom. The zero-order chi connectivity index (χ0) is 26.5. The highest BCUT2D eigenvalue weighted by atomic mass is 16.2. The number of primary amides is 1. The van der Waals surface area contributed by atoms with Crippen LogP contribution in [-0.4, -0.2) is 91.4 Å². The second kappa shape index (κ2) is 14.6. The molecule has 1 rings (SSSR count). The summed E-state index contributed by atoms with van der Waals surface area (Å²) in [7, 11) is 1.53. The van der Waals surface area contributed by atoms with Gasteiger partial charge in [-0.15, -0.1) is 0 Å². The van der Waals surface area contributed by atoms with Crippen molar-refractivity contribution in [3.05, 3.63) is 0 Å². The number of amides is 6. The maximum absolute atomic E-state index is 13.1. The molecule has 0 aromatic carbocycles. The summed E-state index contributed by atoms with van der Waals surface area (Å²) < 4.78 is 0. The van der Waals surface area contributed by atoms with E-state index in [9.17, 15) is 24.0 Å². The fraction of sp³-hybridized carbons (Fsp3) is 0.700. The third-order valence-corrected chi connectivity index (χ3v) is 5.17. The lowest BCUT2D eigenvalue weighted by Crippen LogP contribution is -2.55. The topological polar surface area (TPSA) is 225 Å². The van der Waals surface area contributed by atoms with E-state index < -0.39 is 41.7 Å². The van der Waals surface area contributed by atoms with Gasteiger partial charge in [0.25, 0.3) is 5.91 Å². The van der Waals surface area contributed by atoms with Crippen LogP contribution in [0.15, 0.2) is 4.99 Å². The van der Waals surface area contributed by atoms with Crippen LogP contribution in [0, 0.1) is 0 Å². The third-order valence-electron chi connectivity index (χ3n) is 5.17. The Kier molecular flexibility index (Phi) is 12.3. The summed E-state index contributed by atoms with van der Waals surface area (Å²) in [5, 5.41) is 10.7. The molecule has 0 aromatic rings. The molecule has 1 aliphatic heterocycles. The summed E-state index contributed by atoms with van der Waals surface area (Å²) in [6, 6.07) is -2.84. The standard InChI is InChI=1S/C20H38N10O5/c1-11(2)25-10-16(32)28-29-20(35)27-13-8-12(3)30(18(13)34)14(17(33)26-9-15(21)31)6-5-7-24-19(22)23-4/h11-14,25H,5-10H2,1-4H3,(H2,21,31)(H,26,33)(H,28,32)(H3,22,23,24)(H2,27,29,35). The zero-order valence-electron chi connectivity index (χ0n) is 20.6. The number of carbonyl (C=O) groups excluding carboxylic acids is 5. The number of carbonyl (C=O) groups is 5. The molecule has 35 heavy (non-hydrogen) atoms. The number of likely N-dealkylation sites (tertiary alicyclic amines) is 1. The van der Waals surface area contributed by atoms with E-state index in [0.29, 0.717) is 13.0 Å². The van der Waals surface area contributed by atoms with Crippen molar-refractivity contribution >= 4 is 35.6 Å². The summed E-state index contributed by atoms with van der Waals surface area (Å²) in [5.74, 6) is -1.91. The van der Waals surface area contributed by atoms with Crippen molar-refractivity contribution in [1.82, 2.24) is 37.0 Å². The van der Waals surface area contributed by atoms with E-state index >= 15 is 0 Å². The van der Waals surface area contributed by atoms with Crippen LogP contribution < -0.4 is 43.6 Å². The van der Waals surface area contributed by atoms with Gasteiger partial charge in [0, 0.05) is 25.7 Å². The molecule has 0 saturated carbocycles. The Bertz CT molecular complexity index is 803. The second-order valence-corrected chi connectivity index (χ2v) is 8.44. The molecule has 198 valence electrons. The second-order valence-electron chi connectivity index (χ2n) is 8.44. The molecule has 0 bridgehead atoms. The number of nitrogens with two attached hydrogens (primary N) is 2. The van der Waals surface area contributed by atoms with Crippen molar-refractivity contribution in [3.63, 3.8) is 0 Å². The van der Waals surface area contributed by atoms with Crippen molar-refractivity contribution in [2.75, 3.05) is 26.7 Å². The molecule has 1 heterocycles. The largest absolute Gasteiger partial charge is 0.370 e. The highest BCUT2D eigenvalue weighted by molar-refractivity contribution is 5.94. The molecule has 15 heteroatoms. The quantitative estimate of drug-likeness (QED) is 0.0584. The molecular weight excluding hydrogens is 460 g/mol. The van der Waals surface area contributed by atoms with E-state index in [4.69, 9.17) is 11.5 Å². The van der Waals surface area contributed by atoms with Gasteiger partial charge in [-0.2, -0.15) is 0 Å². The minimum atomic E-state index is -0.900. The first kappa shape index (κ1) is 29.4. The number of hydrogen-bond acceptors (Lipinski definition) is 7. The highest BCUT2D eigenvalue weighted by Crippen LogP contribution is 2.24. The number of aliphatic imine (C=N–C) groups is 1. The van der Waals surface area contributed by atoms with Crippen LogP contribution in [-0.2, 0) is 19.2 Å². The van der Waals surface area contributed by atoms with E-state index in [-0.39, 0.29) is 44.0 Å². The average molecular weight is 499 g/mol. The lowest BCUT2D eigenvalue weighted by atomic mass is 10.1. The predicted molar refractivity (Wildman–Crippen MR) is 128 cm³/mol. The fourth-order valence-corrected chi connectivity index (χ4v) is 3.48. The van der Waals surface area contributed by atoms with Crippen molar-refractivity contribution < 1.29 is 24.0 Å². The number of nitrogens with zero attached hydrogens (tertiary/aromatic N) is 2. The summed E-state index contributed by atoms with van der Waals surface area (Å²) in [5.41, 5.74) is 15.2. The van der Waals surface area contributed by atoms with Gasteiger partial charge in [-0.05, 0) is 26.2 Å². The maximum atomic E-state index is 13.1. The first-order valence-corrected chi connectivity index (χ1v) is 11.4. The third kappa shape index (κ3) is 10.5. The normalized spacial score (nSPS) is 18.7. The molecule has 10 N–H and O–H groups in total. The number of rotatable bonds is 12. The summed E-state index contributed by atoms with van der Waals surface area (Å²) in [4.78, 5) is 66.1. The summed E-state index contributed by atoms with van der Waals surface area (Å²) in [6.45, 7) is 5.56. The molecule has 3 unspecified atom stereocenters. The van der Waals surface area contributed by atoms with Gasteiger partial charge in [0.1, 0.15) is 12.1 Å². The Morgan fingerprint density at radius 2 is 1.80 bits per heavy atom. The molecule has 6 amide bonds. The predicted octanol–water partition coefficient (Wildman–Crippen LogP) is -3.41. The lowest BCUT2D eigenvalue weighted by molar-refractivity contribution is -0.140. The van der Waals surface area contributed by atoms with Crippen LogP contribution in [0.4, 0.5) is 4.79 Å². The Balaban J connectivity index is 2.76. The molecule has 3 atom stereocenters. The lowest BCUT2D eigenvalue weighted by Gasteiger charge is -2.31. The molecule has 0 spiro atoms. The monoisotopic (exact) mass is 498 g/mol. The Labute approximate surface area is 204 Å². The van der Waals surface area contributed by atoms with E-state index in [1.54, 1.807) is 6.92 Å². The van der Waals surface area contributed by atoms with Crippen LogP contribution in [0.5, 0.6) is 0 Å². The summed E-state index contributed by atoms with van der Waals surface area (Å²) in [6.07, 6.45) is 0.987. The number of urea groups is 1. The van der Waals surface area contributed by atoms with Crippen LogP contribution in [0.3, 0.4) is 0 Å². The van der Waals surface area contributed by atoms with Crippen molar-refractivity contribution in [2.24, 2.45) is 16.5 Å². The van der Waals surface area contributed by atoms with Gasteiger partial charge in [-0.25, -0.2) is 10.2 Å². The van der Waals surface area contributed by atoms with Gasteiger partial charge in [-0.3, -0.25) is 29.6 Å². The minimum Gasteiger partial charge on any atom is -0.370 e. The van der Waals surface area contributed by atoms with Gasteiger partial charge in [0.15, 0.2) is 5.96 Å². The van der Waals surface area contributed by atoms with Gasteiger partial charge in [-0.1, -0.05) is 13.8 Å². The van der Waals surface area contributed by atoms with Gasteiger partial charge in [0.2, 0.25) is 17.7 Å². The number of guanidine groups is 1. The Morgan fingerprint density at radius 1 is 1.11 bits per heavy atom. The van der Waals surface area contributed by atoms with E-state index in [0.717, 1.165) is 0 Å². The van der Waals surface area contributed by atoms with Crippen LogP contribution in [0.2, 0.25) is 0 Å². The Hall–Kier alpha value is -3.62. The van der Waals surface area contributed by atoms with Crippen molar-refractivity contribution in [3.8, 4) is 0 Å². The SMILES string of the molecule is CN=C(N)NCCCC(C(=O)NCC(N)=O)N1C(=O)C(NC(=O)NNC(=O)CNC(C)C)CC1C. The molecule has 0 aromatic heterocycles. The van der Waals surface area contributed by atoms with Gasteiger partial charge in [0.05, 0.1) is 13.1 Å². The average Bonchev–Trinajstić information content (AvgIpc) is 3.06. The minimum absolute atomic E-state index is 0.0117. The zero-order valence-corrected chi connectivity index (χ0v) is 20.6. The first-order chi connectivity index (χ1) is 16.5. The molecule has 1 saturated heterocycles. The van der Waals surface area contributed by atoms with Crippen LogP contribution in [0.1, 0.15) is 40.0 Å². The molecule has 1 fully saturated rings. The molecule has 1 aliphatic rings. The van der Waals surface area contributed by atoms with Crippen molar-refractivity contribution in [1.29, 1.82) is 0 Å². The molecule has 0 aliphatic carbocycles. The number of hydrogen-bond donors (Lipinski definition) is 8. The maximum Gasteiger partial charge on any atom is 0.334 e. The molecular formula is C20H38N10O5.